The van der Waals surface area contributed by atoms with Gasteiger partial charge < -0.3 is 5.32 Å². The van der Waals surface area contributed by atoms with Gasteiger partial charge in [-0.2, -0.15) is 0 Å². The van der Waals surface area contributed by atoms with E-state index in [1.54, 1.807) is 6.07 Å². The summed E-state index contributed by atoms with van der Waals surface area (Å²) in [5, 5.41) is 14.3. The SMILES string of the molecule is CC1CN(Cc2ccc([N+](=O)[O-])s2)C(C)CN1. The molecule has 1 aliphatic heterocycles. The van der Waals surface area contributed by atoms with Crippen LogP contribution in [0.25, 0.3) is 0 Å². The molecule has 0 radical (unpaired) electrons. The van der Waals surface area contributed by atoms with Gasteiger partial charge in [0.1, 0.15) is 0 Å². The van der Waals surface area contributed by atoms with Crippen LogP contribution in [0.5, 0.6) is 0 Å². The lowest BCUT2D eigenvalue weighted by atomic mass is 10.1. The number of nitrogens with one attached hydrogen (secondary N) is 1. The Labute approximate surface area is 105 Å². The minimum absolute atomic E-state index is 0.232. The molecule has 1 N–H and O–H groups in total. The molecular weight excluding hydrogens is 238 g/mol. The fourth-order valence-corrected chi connectivity index (χ4v) is 2.91. The van der Waals surface area contributed by atoms with Gasteiger partial charge in [-0.3, -0.25) is 15.0 Å². The van der Waals surface area contributed by atoms with E-state index in [1.165, 1.54) is 11.3 Å². The lowest BCUT2D eigenvalue weighted by molar-refractivity contribution is -0.380. The Morgan fingerprint density at radius 3 is 3.00 bits per heavy atom. The van der Waals surface area contributed by atoms with Gasteiger partial charge in [0.05, 0.1) is 4.92 Å². The second-order valence-corrected chi connectivity index (χ2v) is 5.73. The summed E-state index contributed by atoms with van der Waals surface area (Å²) in [5.74, 6) is 0. The molecule has 2 unspecified atom stereocenters. The molecule has 1 saturated heterocycles. The molecule has 17 heavy (non-hydrogen) atoms. The van der Waals surface area contributed by atoms with Crippen LogP contribution in [0.2, 0.25) is 0 Å². The van der Waals surface area contributed by atoms with E-state index < -0.39 is 0 Å². The van der Waals surface area contributed by atoms with E-state index in [0.717, 1.165) is 24.5 Å². The van der Waals surface area contributed by atoms with E-state index in [0.29, 0.717) is 12.1 Å². The number of nitro groups is 1. The van der Waals surface area contributed by atoms with Gasteiger partial charge >= 0.3 is 5.00 Å². The first-order valence-corrected chi connectivity index (χ1v) is 6.58. The van der Waals surface area contributed by atoms with Crippen molar-refractivity contribution in [3.8, 4) is 0 Å². The zero-order valence-electron chi connectivity index (χ0n) is 10.0. The molecule has 2 rings (SSSR count). The second-order valence-electron chi connectivity index (χ2n) is 4.58. The maximum absolute atomic E-state index is 10.6. The van der Waals surface area contributed by atoms with E-state index >= 15 is 0 Å². The third-order valence-electron chi connectivity index (χ3n) is 3.08. The summed E-state index contributed by atoms with van der Waals surface area (Å²) in [6, 6.07) is 4.42. The van der Waals surface area contributed by atoms with Gasteiger partial charge in [0.2, 0.25) is 0 Å². The molecule has 0 aromatic carbocycles. The zero-order valence-corrected chi connectivity index (χ0v) is 10.9. The van der Waals surface area contributed by atoms with Gasteiger partial charge in [-0.1, -0.05) is 11.3 Å². The van der Waals surface area contributed by atoms with Gasteiger partial charge in [-0.15, -0.1) is 0 Å². The van der Waals surface area contributed by atoms with Crippen molar-refractivity contribution >= 4 is 16.3 Å². The van der Waals surface area contributed by atoms with E-state index in [9.17, 15) is 10.1 Å². The van der Waals surface area contributed by atoms with E-state index in [1.807, 2.05) is 6.07 Å². The van der Waals surface area contributed by atoms with Crippen LogP contribution in [0.1, 0.15) is 18.7 Å². The first-order valence-electron chi connectivity index (χ1n) is 5.77. The molecule has 0 bridgehead atoms. The molecular formula is C11H17N3O2S. The minimum atomic E-state index is -0.321. The molecule has 2 atom stereocenters. The van der Waals surface area contributed by atoms with Crippen LogP contribution in [0.15, 0.2) is 12.1 Å². The molecule has 1 fully saturated rings. The highest BCUT2D eigenvalue weighted by Crippen LogP contribution is 2.26. The summed E-state index contributed by atoms with van der Waals surface area (Å²) in [4.78, 5) is 13.7. The molecule has 0 aliphatic carbocycles. The highest BCUT2D eigenvalue weighted by molar-refractivity contribution is 7.15. The molecule has 5 nitrogen and oxygen atoms in total. The quantitative estimate of drug-likeness (QED) is 0.661. The molecule has 1 aromatic rings. The Morgan fingerprint density at radius 1 is 1.59 bits per heavy atom. The Hall–Kier alpha value is -0.980. The summed E-state index contributed by atoms with van der Waals surface area (Å²) in [6.07, 6.45) is 0. The summed E-state index contributed by atoms with van der Waals surface area (Å²) in [7, 11) is 0. The van der Waals surface area contributed by atoms with Crippen LogP contribution in [0, 0.1) is 10.1 Å². The number of hydrogen-bond acceptors (Lipinski definition) is 5. The van der Waals surface area contributed by atoms with Crippen LogP contribution in [-0.2, 0) is 6.54 Å². The highest BCUT2D eigenvalue weighted by atomic mass is 32.1. The maximum atomic E-state index is 10.6. The monoisotopic (exact) mass is 255 g/mol. The first-order chi connectivity index (χ1) is 8.06. The van der Waals surface area contributed by atoms with Crippen molar-refractivity contribution in [2.75, 3.05) is 13.1 Å². The molecule has 94 valence electrons. The van der Waals surface area contributed by atoms with Gasteiger partial charge in [-0.05, 0) is 19.9 Å². The van der Waals surface area contributed by atoms with E-state index in [4.69, 9.17) is 0 Å². The van der Waals surface area contributed by atoms with Crippen LogP contribution in [0.3, 0.4) is 0 Å². The number of nitrogens with zero attached hydrogens (tertiary/aromatic N) is 2. The summed E-state index contributed by atoms with van der Waals surface area (Å²) in [5.41, 5.74) is 0. The van der Waals surface area contributed by atoms with Crippen LogP contribution in [-0.4, -0.2) is 35.0 Å². The Kier molecular flexibility index (Phi) is 3.76. The van der Waals surface area contributed by atoms with Crippen molar-refractivity contribution in [1.29, 1.82) is 0 Å². The maximum Gasteiger partial charge on any atom is 0.324 e. The second kappa shape index (κ2) is 5.12. The summed E-state index contributed by atoms with van der Waals surface area (Å²) in [6.45, 7) is 7.13. The average molecular weight is 255 g/mol. The van der Waals surface area contributed by atoms with Crippen LogP contribution < -0.4 is 5.32 Å². The van der Waals surface area contributed by atoms with Crippen molar-refractivity contribution in [3.63, 3.8) is 0 Å². The lowest BCUT2D eigenvalue weighted by Crippen LogP contribution is -2.53. The zero-order chi connectivity index (χ0) is 12.4. The van der Waals surface area contributed by atoms with Crippen molar-refractivity contribution in [2.24, 2.45) is 0 Å². The van der Waals surface area contributed by atoms with Gasteiger partial charge in [0, 0.05) is 42.7 Å². The Balaban J connectivity index is 2.01. The average Bonchev–Trinajstić information content (AvgIpc) is 2.72. The van der Waals surface area contributed by atoms with Crippen molar-refractivity contribution in [3.05, 3.63) is 27.1 Å². The summed E-state index contributed by atoms with van der Waals surface area (Å²) >= 11 is 1.28. The summed E-state index contributed by atoms with van der Waals surface area (Å²) < 4.78 is 0. The number of thiophene rings is 1. The smallest absolute Gasteiger partial charge is 0.311 e. The van der Waals surface area contributed by atoms with Crippen LogP contribution >= 0.6 is 11.3 Å². The molecule has 1 aromatic heterocycles. The van der Waals surface area contributed by atoms with Crippen LogP contribution in [0.4, 0.5) is 5.00 Å². The molecule has 1 aliphatic rings. The third kappa shape index (κ3) is 3.02. The topological polar surface area (TPSA) is 58.4 Å². The number of piperazine rings is 1. The van der Waals surface area contributed by atoms with E-state index in [2.05, 4.69) is 24.1 Å². The van der Waals surface area contributed by atoms with E-state index in [-0.39, 0.29) is 9.92 Å². The number of hydrogen-bond donors (Lipinski definition) is 1. The Bertz CT molecular complexity index is 407. The third-order valence-corrected chi connectivity index (χ3v) is 4.10. The first kappa shape index (κ1) is 12.5. The molecule has 6 heteroatoms. The molecule has 0 saturated carbocycles. The minimum Gasteiger partial charge on any atom is -0.311 e. The van der Waals surface area contributed by atoms with Crippen molar-refractivity contribution < 1.29 is 4.92 Å². The van der Waals surface area contributed by atoms with Gasteiger partial charge in [0.25, 0.3) is 0 Å². The Morgan fingerprint density at radius 2 is 2.35 bits per heavy atom. The predicted octanol–water partition coefficient (Wildman–Crippen LogP) is 1.84. The molecule has 0 amide bonds. The largest absolute Gasteiger partial charge is 0.324 e. The van der Waals surface area contributed by atoms with Crippen molar-refractivity contribution in [2.45, 2.75) is 32.5 Å². The fraction of sp³-hybridized carbons (Fsp3) is 0.636. The van der Waals surface area contributed by atoms with Gasteiger partial charge in [-0.25, -0.2) is 0 Å². The molecule has 2 heterocycles. The fourth-order valence-electron chi connectivity index (χ4n) is 2.07. The normalized spacial score (nSPS) is 26.0. The predicted molar refractivity (Wildman–Crippen MR) is 68.3 cm³/mol. The van der Waals surface area contributed by atoms with Gasteiger partial charge in [0.15, 0.2) is 0 Å². The highest BCUT2D eigenvalue weighted by Gasteiger charge is 2.23. The standard InChI is InChI=1S/C11H17N3O2S/c1-8-6-13(9(2)5-12-8)7-10-3-4-11(17-10)14(15)16/h3-4,8-9,12H,5-7H2,1-2H3. The lowest BCUT2D eigenvalue weighted by Gasteiger charge is -2.37. The van der Waals surface area contributed by atoms with Crippen molar-refractivity contribution in [1.82, 2.24) is 10.2 Å². The molecule has 0 spiro atoms. The number of rotatable bonds is 3.